The van der Waals surface area contributed by atoms with Gasteiger partial charge in [-0.1, -0.05) is 42.5 Å². The molecule has 0 atom stereocenters. The number of ether oxygens (including phenoxy) is 1. The van der Waals surface area contributed by atoms with Gasteiger partial charge in [0.05, 0.1) is 13.2 Å². The third kappa shape index (κ3) is 1.74. The van der Waals surface area contributed by atoms with E-state index in [1.54, 1.807) is 0 Å². The SMILES string of the molecule is C(=C\C1COC1)/c1ccccc1. The second-order valence-corrected chi connectivity index (χ2v) is 3.07. The van der Waals surface area contributed by atoms with Crippen molar-refractivity contribution in [1.82, 2.24) is 0 Å². The maximum absolute atomic E-state index is 5.07. The summed E-state index contributed by atoms with van der Waals surface area (Å²) >= 11 is 0. The van der Waals surface area contributed by atoms with Gasteiger partial charge in [0, 0.05) is 5.92 Å². The summed E-state index contributed by atoms with van der Waals surface area (Å²) in [6.45, 7) is 1.78. The van der Waals surface area contributed by atoms with Crippen LogP contribution in [0.15, 0.2) is 36.4 Å². The molecule has 0 aliphatic carbocycles. The average molecular weight is 160 g/mol. The lowest BCUT2D eigenvalue weighted by atomic mass is 10.1. The summed E-state index contributed by atoms with van der Waals surface area (Å²) in [5, 5.41) is 0. The van der Waals surface area contributed by atoms with Gasteiger partial charge in [0.15, 0.2) is 0 Å². The topological polar surface area (TPSA) is 9.23 Å². The Kier molecular flexibility index (Phi) is 2.23. The standard InChI is InChI=1S/C11H12O/c1-2-4-10(5-3-1)6-7-11-8-12-9-11/h1-7,11H,8-9H2/b7-6+. The molecule has 0 saturated carbocycles. The third-order valence-corrected chi connectivity index (χ3v) is 2.02. The molecular weight excluding hydrogens is 148 g/mol. The van der Waals surface area contributed by atoms with Crippen LogP contribution in [-0.4, -0.2) is 13.2 Å². The molecule has 2 rings (SSSR count). The highest BCUT2D eigenvalue weighted by molar-refractivity contribution is 5.49. The molecule has 0 unspecified atom stereocenters. The van der Waals surface area contributed by atoms with E-state index < -0.39 is 0 Å². The summed E-state index contributed by atoms with van der Waals surface area (Å²) in [5.41, 5.74) is 1.27. The van der Waals surface area contributed by atoms with E-state index in [1.807, 2.05) is 6.07 Å². The number of hydrogen-bond acceptors (Lipinski definition) is 1. The molecule has 1 aliphatic heterocycles. The minimum atomic E-state index is 0.644. The van der Waals surface area contributed by atoms with Crippen LogP contribution < -0.4 is 0 Å². The van der Waals surface area contributed by atoms with Crippen molar-refractivity contribution >= 4 is 6.08 Å². The maximum atomic E-state index is 5.07. The normalized spacial score (nSPS) is 18.0. The summed E-state index contributed by atoms with van der Waals surface area (Å²) in [5.74, 6) is 0.644. The summed E-state index contributed by atoms with van der Waals surface area (Å²) in [4.78, 5) is 0. The summed E-state index contributed by atoms with van der Waals surface area (Å²) in [6, 6.07) is 10.4. The first-order valence-corrected chi connectivity index (χ1v) is 4.26. The molecule has 0 amide bonds. The Morgan fingerprint density at radius 3 is 2.50 bits per heavy atom. The molecule has 1 fully saturated rings. The summed E-state index contributed by atoms with van der Waals surface area (Å²) in [6.07, 6.45) is 4.38. The molecular formula is C11H12O. The Labute approximate surface area is 72.7 Å². The molecule has 1 aromatic rings. The smallest absolute Gasteiger partial charge is 0.0551 e. The van der Waals surface area contributed by atoms with E-state index in [0.717, 1.165) is 13.2 Å². The van der Waals surface area contributed by atoms with E-state index in [0.29, 0.717) is 5.92 Å². The van der Waals surface area contributed by atoms with Gasteiger partial charge in [0.1, 0.15) is 0 Å². The Morgan fingerprint density at radius 1 is 1.17 bits per heavy atom. The Morgan fingerprint density at radius 2 is 1.92 bits per heavy atom. The van der Waals surface area contributed by atoms with Gasteiger partial charge in [0.25, 0.3) is 0 Å². The lowest BCUT2D eigenvalue weighted by Gasteiger charge is -2.22. The van der Waals surface area contributed by atoms with E-state index in [1.165, 1.54) is 5.56 Å². The average Bonchev–Trinajstić information content (AvgIpc) is 2.04. The fraction of sp³-hybridized carbons (Fsp3) is 0.273. The van der Waals surface area contributed by atoms with Crippen LogP contribution in [0.1, 0.15) is 5.56 Å². The Balaban J connectivity index is 1.98. The van der Waals surface area contributed by atoms with Crippen LogP contribution >= 0.6 is 0 Å². The van der Waals surface area contributed by atoms with Crippen molar-refractivity contribution in [3.8, 4) is 0 Å². The van der Waals surface area contributed by atoms with Crippen LogP contribution in [0.25, 0.3) is 6.08 Å². The molecule has 0 spiro atoms. The minimum absolute atomic E-state index is 0.644. The lowest BCUT2D eigenvalue weighted by molar-refractivity contribution is -0.00730. The zero-order valence-electron chi connectivity index (χ0n) is 6.94. The van der Waals surface area contributed by atoms with Gasteiger partial charge in [-0.05, 0) is 5.56 Å². The largest absolute Gasteiger partial charge is 0.380 e. The van der Waals surface area contributed by atoms with Gasteiger partial charge in [0.2, 0.25) is 0 Å². The molecule has 0 radical (unpaired) electrons. The van der Waals surface area contributed by atoms with Crippen LogP contribution in [0, 0.1) is 5.92 Å². The van der Waals surface area contributed by atoms with Crippen molar-refractivity contribution in [3.05, 3.63) is 42.0 Å². The number of benzene rings is 1. The zero-order valence-corrected chi connectivity index (χ0v) is 6.94. The van der Waals surface area contributed by atoms with Crippen LogP contribution in [0.4, 0.5) is 0 Å². The van der Waals surface area contributed by atoms with Gasteiger partial charge in [-0.15, -0.1) is 0 Å². The van der Waals surface area contributed by atoms with Gasteiger partial charge in [-0.25, -0.2) is 0 Å². The van der Waals surface area contributed by atoms with Gasteiger partial charge in [-0.2, -0.15) is 0 Å². The molecule has 1 nitrogen and oxygen atoms in total. The van der Waals surface area contributed by atoms with Crippen molar-refractivity contribution in [2.24, 2.45) is 5.92 Å². The molecule has 62 valence electrons. The molecule has 0 N–H and O–H groups in total. The van der Waals surface area contributed by atoms with Crippen molar-refractivity contribution in [2.75, 3.05) is 13.2 Å². The fourth-order valence-electron chi connectivity index (χ4n) is 1.18. The summed E-state index contributed by atoms with van der Waals surface area (Å²) < 4.78 is 5.07. The van der Waals surface area contributed by atoms with Crippen molar-refractivity contribution in [3.63, 3.8) is 0 Å². The molecule has 1 aromatic carbocycles. The monoisotopic (exact) mass is 160 g/mol. The Hall–Kier alpha value is -1.08. The predicted molar refractivity (Wildman–Crippen MR) is 49.8 cm³/mol. The first-order chi connectivity index (χ1) is 5.95. The van der Waals surface area contributed by atoms with Crippen LogP contribution in [-0.2, 0) is 4.74 Å². The van der Waals surface area contributed by atoms with Crippen molar-refractivity contribution in [2.45, 2.75) is 0 Å². The van der Waals surface area contributed by atoms with Gasteiger partial charge >= 0.3 is 0 Å². The first-order valence-electron chi connectivity index (χ1n) is 4.26. The Bertz CT molecular complexity index is 260. The highest BCUT2D eigenvalue weighted by atomic mass is 16.5. The molecule has 1 saturated heterocycles. The van der Waals surface area contributed by atoms with Crippen LogP contribution in [0.5, 0.6) is 0 Å². The lowest BCUT2D eigenvalue weighted by Crippen LogP contribution is -2.24. The van der Waals surface area contributed by atoms with E-state index in [-0.39, 0.29) is 0 Å². The zero-order chi connectivity index (χ0) is 8.23. The highest BCUT2D eigenvalue weighted by Gasteiger charge is 2.13. The van der Waals surface area contributed by atoms with Crippen LogP contribution in [0.2, 0.25) is 0 Å². The quantitative estimate of drug-likeness (QED) is 0.645. The van der Waals surface area contributed by atoms with Crippen LogP contribution in [0.3, 0.4) is 0 Å². The molecule has 1 heterocycles. The second-order valence-electron chi connectivity index (χ2n) is 3.07. The molecule has 1 heteroatoms. The van der Waals surface area contributed by atoms with Crippen molar-refractivity contribution < 1.29 is 4.74 Å². The van der Waals surface area contributed by atoms with Crippen molar-refractivity contribution in [1.29, 1.82) is 0 Å². The fourth-order valence-corrected chi connectivity index (χ4v) is 1.18. The van der Waals surface area contributed by atoms with Gasteiger partial charge in [-0.3, -0.25) is 0 Å². The van der Waals surface area contributed by atoms with Gasteiger partial charge < -0.3 is 4.74 Å². The highest BCUT2D eigenvalue weighted by Crippen LogP contribution is 2.13. The number of hydrogen-bond donors (Lipinski definition) is 0. The predicted octanol–water partition coefficient (Wildman–Crippen LogP) is 2.35. The molecule has 1 aliphatic rings. The van der Waals surface area contributed by atoms with E-state index in [2.05, 4.69) is 36.4 Å². The molecule has 0 bridgehead atoms. The second kappa shape index (κ2) is 3.55. The maximum Gasteiger partial charge on any atom is 0.0551 e. The molecule has 12 heavy (non-hydrogen) atoms. The number of rotatable bonds is 2. The molecule has 0 aromatic heterocycles. The third-order valence-electron chi connectivity index (χ3n) is 2.02. The first kappa shape index (κ1) is 7.56. The van der Waals surface area contributed by atoms with E-state index in [9.17, 15) is 0 Å². The minimum Gasteiger partial charge on any atom is -0.380 e. The summed E-state index contributed by atoms with van der Waals surface area (Å²) in [7, 11) is 0. The van der Waals surface area contributed by atoms with E-state index >= 15 is 0 Å². The van der Waals surface area contributed by atoms with E-state index in [4.69, 9.17) is 4.74 Å².